The van der Waals surface area contributed by atoms with Crippen LogP contribution in [0.2, 0.25) is 0 Å². The van der Waals surface area contributed by atoms with Gasteiger partial charge in [-0.1, -0.05) is 41.5 Å². The number of carbonyl (C=O) groups excluding carboxylic acids is 1. The van der Waals surface area contributed by atoms with Crippen LogP contribution in [-0.2, 0) is 9.53 Å². The summed E-state index contributed by atoms with van der Waals surface area (Å²) in [6.45, 7) is 13.7. The van der Waals surface area contributed by atoms with Gasteiger partial charge in [0.25, 0.3) is 0 Å². The van der Waals surface area contributed by atoms with Crippen LogP contribution in [0.5, 0.6) is 0 Å². The van der Waals surface area contributed by atoms with E-state index >= 15 is 0 Å². The van der Waals surface area contributed by atoms with Crippen LogP contribution in [0.15, 0.2) is 0 Å². The first-order chi connectivity index (χ1) is 7.59. The van der Waals surface area contributed by atoms with Crippen LogP contribution in [0.3, 0.4) is 0 Å². The molecule has 0 amide bonds. The third kappa shape index (κ3) is 1.76. The number of carbonyl (C=O) groups is 1. The maximum atomic E-state index is 12.5. The number of rotatable bonds is 2. The molecule has 2 rings (SSSR count). The molecule has 2 nitrogen and oxygen atoms in total. The van der Waals surface area contributed by atoms with E-state index in [1.165, 1.54) is 0 Å². The van der Waals surface area contributed by atoms with Crippen LogP contribution < -0.4 is 0 Å². The molecule has 0 heterocycles. The van der Waals surface area contributed by atoms with Crippen molar-refractivity contribution in [2.24, 2.45) is 22.2 Å². The second-order valence-corrected chi connectivity index (χ2v) is 7.86. The van der Waals surface area contributed by atoms with Gasteiger partial charge in [-0.3, -0.25) is 4.79 Å². The minimum Gasteiger partial charge on any atom is -0.370 e. The van der Waals surface area contributed by atoms with Crippen molar-refractivity contribution in [3.8, 4) is 0 Å². The van der Waals surface area contributed by atoms with E-state index in [0.717, 1.165) is 12.8 Å². The number of ether oxygens (including phenoxy) is 1. The summed E-state index contributed by atoms with van der Waals surface area (Å²) < 4.78 is 5.96. The molecule has 17 heavy (non-hydrogen) atoms. The molecule has 98 valence electrons. The smallest absolute Gasteiger partial charge is 0.168 e. The Morgan fingerprint density at radius 3 is 2.29 bits per heavy atom. The highest BCUT2D eigenvalue weighted by Crippen LogP contribution is 2.64. The van der Waals surface area contributed by atoms with Crippen molar-refractivity contribution in [3.63, 3.8) is 0 Å². The highest BCUT2D eigenvalue weighted by molar-refractivity contribution is 5.93. The van der Waals surface area contributed by atoms with Crippen LogP contribution in [0.1, 0.15) is 54.4 Å². The Balaban J connectivity index is 2.15. The second-order valence-electron chi connectivity index (χ2n) is 7.86. The van der Waals surface area contributed by atoms with Gasteiger partial charge in [-0.15, -0.1) is 0 Å². The summed E-state index contributed by atoms with van der Waals surface area (Å²) in [7, 11) is 0. The van der Waals surface area contributed by atoms with Gasteiger partial charge in [-0.05, 0) is 29.6 Å². The fourth-order valence-electron chi connectivity index (χ4n) is 3.54. The molecule has 2 bridgehead atoms. The Kier molecular flexibility index (Phi) is 2.74. The first kappa shape index (κ1) is 13.1. The lowest BCUT2D eigenvalue weighted by Gasteiger charge is -2.31. The Hall–Kier alpha value is -0.370. The topological polar surface area (TPSA) is 26.3 Å². The summed E-state index contributed by atoms with van der Waals surface area (Å²) in [5, 5.41) is 0. The van der Waals surface area contributed by atoms with Gasteiger partial charge < -0.3 is 4.74 Å². The molecular weight excluding hydrogens is 212 g/mol. The van der Waals surface area contributed by atoms with Gasteiger partial charge in [0.15, 0.2) is 5.78 Å². The molecule has 2 aliphatic carbocycles. The summed E-state index contributed by atoms with van der Waals surface area (Å²) in [5.41, 5.74) is 0.0833. The molecule has 2 heteroatoms. The van der Waals surface area contributed by atoms with Crippen molar-refractivity contribution < 1.29 is 9.53 Å². The van der Waals surface area contributed by atoms with E-state index in [9.17, 15) is 4.79 Å². The van der Waals surface area contributed by atoms with Gasteiger partial charge in [-0.2, -0.15) is 0 Å². The minimum atomic E-state index is -0.153. The molecule has 2 saturated carbocycles. The van der Waals surface area contributed by atoms with E-state index in [4.69, 9.17) is 4.74 Å². The van der Waals surface area contributed by atoms with Crippen molar-refractivity contribution in [3.05, 3.63) is 0 Å². The van der Waals surface area contributed by atoms with Gasteiger partial charge in [0, 0.05) is 5.41 Å². The number of hydrogen-bond acceptors (Lipinski definition) is 2. The van der Waals surface area contributed by atoms with Crippen molar-refractivity contribution in [2.45, 2.75) is 60.5 Å². The van der Waals surface area contributed by atoms with Crippen LogP contribution >= 0.6 is 0 Å². The largest absolute Gasteiger partial charge is 0.370 e. The van der Waals surface area contributed by atoms with Crippen molar-refractivity contribution >= 4 is 5.78 Å². The van der Waals surface area contributed by atoms with Gasteiger partial charge in [-0.25, -0.2) is 0 Å². The molecule has 0 aromatic carbocycles. The lowest BCUT2D eigenvalue weighted by molar-refractivity contribution is -0.140. The zero-order valence-corrected chi connectivity index (χ0v) is 12.1. The third-order valence-corrected chi connectivity index (χ3v) is 5.17. The maximum absolute atomic E-state index is 12.5. The van der Waals surface area contributed by atoms with Gasteiger partial charge in [0.1, 0.15) is 6.10 Å². The highest BCUT2D eigenvalue weighted by Gasteiger charge is 2.66. The molecule has 0 unspecified atom stereocenters. The number of Topliss-reactive ketones (excluding diaryl/α,β-unsaturated/α-hetero) is 1. The summed E-state index contributed by atoms with van der Waals surface area (Å²) >= 11 is 0. The predicted octanol–water partition coefficient (Wildman–Crippen LogP) is 3.44. The number of fused-ring (bicyclic) bond motifs is 2. The molecule has 3 atom stereocenters. The van der Waals surface area contributed by atoms with Crippen LogP contribution in [0, 0.1) is 22.2 Å². The minimum absolute atomic E-state index is 0.104. The monoisotopic (exact) mass is 238 g/mol. The number of hydrogen-bond donors (Lipinski definition) is 0. The summed E-state index contributed by atoms with van der Waals surface area (Å²) in [6.07, 6.45) is 2.03. The molecule has 0 spiro atoms. The fraction of sp³-hybridized carbons (Fsp3) is 0.933. The van der Waals surface area contributed by atoms with Gasteiger partial charge in [0.05, 0.1) is 6.61 Å². The lowest BCUT2D eigenvalue weighted by Crippen LogP contribution is -2.37. The molecule has 2 fully saturated rings. The van der Waals surface area contributed by atoms with Crippen LogP contribution in [-0.4, -0.2) is 18.5 Å². The molecule has 0 aromatic rings. The average molecular weight is 238 g/mol. The Morgan fingerprint density at radius 1 is 1.29 bits per heavy atom. The first-order valence-corrected chi connectivity index (χ1v) is 6.75. The van der Waals surface area contributed by atoms with Crippen LogP contribution in [0.25, 0.3) is 0 Å². The van der Waals surface area contributed by atoms with E-state index in [-0.39, 0.29) is 22.3 Å². The zero-order valence-electron chi connectivity index (χ0n) is 12.1. The van der Waals surface area contributed by atoms with E-state index in [2.05, 4.69) is 41.5 Å². The molecule has 2 aliphatic rings. The molecular formula is C15H26O2. The third-order valence-electron chi connectivity index (χ3n) is 5.17. The molecule has 0 aliphatic heterocycles. The Labute approximate surface area is 105 Å². The van der Waals surface area contributed by atoms with Gasteiger partial charge in [0.2, 0.25) is 0 Å². The first-order valence-electron chi connectivity index (χ1n) is 6.75. The predicted molar refractivity (Wildman–Crippen MR) is 68.8 cm³/mol. The molecule has 0 aromatic heterocycles. The van der Waals surface area contributed by atoms with Gasteiger partial charge >= 0.3 is 0 Å². The SMILES string of the molecule is CC(C)(C)CO[C@H]1C(=O)[C@]2(C)CC[C@H]1C2(C)C. The summed E-state index contributed by atoms with van der Waals surface area (Å²) in [6, 6.07) is 0. The molecule has 0 N–H and O–H groups in total. The molecule has 0 radical (unpaired) electrons. The van der Waals surface area contributed by atoms with Crippen molar-refractivity contribution in [2.75, 3.05) is 6.61 Å². The highest BCUT2D eigenvalue weighted by atomic mass is 16.5. The summed E-state index contributed by atoms with van der Waals surface area (Å²) in [4.78, 5) is 12.5. The quantitative estimate of drug-likeness (QED) is 0.736. The standard InChI is InChI=1S/C15H26O2/c1-13(2,3)9-17-11-10-7-8-15(6,12(11)16)14(10,4)5/h10-11H,7-9H2,1-6H3/t10-,11-,15+/m1/s1. The zero-order chi connectivity index (χ0) is 13.1. The number of ketones is 1. The van der Waals surface area contributed by atoms with Crippen molar-refractivity contribution in [1.29, 1.82) is 0 Å². The van der Waals surface area contributed by atoms with E-state index in [1.54, 1.807) is 0 Å². The summed E-state index contributed by atoms with van der Waals surface area (Å²) in [5.74, 6) is 0.769. The average Bonchev–Trinajstić information content (AvgIpc) is 2.46. The Bertz CT molecular complexity index is 337. The van der Waals surface area contributed by atoms with Crippen molar-refractivity contribution in [1.82, 2.24) is 0 Å². The van der Waals surface area contributed by atoms with Crippen LogP contribution in [0.4, 0.5) is 0 Å². The van der Waals surface area contributed by atoms with E-state index in [1.807, 2.05) is 0 Å². The maximum Gasteiger partial charge on any atom is 0.168 e. The van der Waals surface area contributed by atoms with E-state index in [0.29, 0.717) is 18.3 Å². The lowest BCUT2D eigenvalue weighted by atomic mass is 9.70. The Morgan fingerprint density at radius 2 is 1.88 bits per heavy atom. The van der Waals surface area contributed by atoms with E-state index < -0.39 is 0 Å². The normalized spacial score (nSPS) is 40.0. The second kappa shape index (κ2) is 3.57. The molecule has 0 saturated heterocycles. The fourth-order valence-corrected chi connectivity index (χ4v) is 3.54.